The van der Waals surface area contributed by atoms with Crippen LogP contribution in [0.25, 0.3) is 0 Å². The van der Waals surface area contributed by atoms with Crippen LogP contribution in [0.15, 0.2) is 0 Å². The molecule has 88 valence electrons. The molecule has 0 aliphatic carbocycles. The van der Waals surface area contributed by atoms with Gasteiger partial charge in [0.25, 0.3) is 0 Å². The summed E-state index contributed by atoms with van der Waals surface area (Å²) in [7, 11) is 0. The van der Waals surface area contributed by atoms with Gasteiger partial charge in [-0.3, -0.25) is 9.59 Å². The van der Waals surface area contributed by atoms with Crippen molar-refractivity contribution in [2.45, 2.75) is 33.2 Å². The lowest BCUT2D eigenvalue weighted by Gasteiger charge is -2.13. The molecule has 0 bridgehead atoms. The van der Waals surface area contributed by atoms with Crippen molar-refractivity contribution < 1.29 is 14.3 Å². The lowest BCUT2D eigenvalue weighted by atomic mass is 10.0. The molecular weight excluding hydrogens is 196 g/mol. The maximum absolute atomic E-state index is 11.3. The first-order valence-corrected chi connectivity index (χ1v) is 5.16. The number of carbonyl (C=O) groups is 2. The minimum atomic E-state index is -0.556. The summed E-state index contributed by atoms with van der Waals surface area (Å²) in [5.74, 6) is -0.396. The van der Waals surface area contributed by atoms with Crippen molar-refractivity contribution in [3.63, 3.8) is 0 Å². The highest BCUT2D eigenvalue weighted by molar-refractivity contribution is 5.85. The van der Waals surface area contributed by atoms with Gasteiger partial charge >= 0.3 is 5.97 Å². The lowest BCUT2D eigenvalue weighted by Crippen LogP contribution is -2.43. The van der Waals surface area contributed by atoms with Gasteiger partial charge in [-0.2, -0.15) is 0 Å². The third-order valence-corrected chi connectivity index (χ3v) is 1.77. The molecule has 5 heteroatoms. The highest BCUT2D eigenvalue weighted by atomic mass is 16.5. The van der Waals surface area contributed by atoms with E-state index in [0.717, 1.165) is 0 Å². The second-order valence-corrected chi connectivity index (χ2v) is 3.76. The molecule has 0 aliphatic heterocycles. The van der Waals surface area contributed by atoms with Crippen molar-refractivity contribution in [2.24, 2.45) is 11.7 Å². The average Bonchev–Trinajstić information content (AvgIpc) is 2.13. The van der Waals surface area contributed by atoms with E-state index in [0.29, 0.717) is 18.9 Å². The van der Waals surface area contributed by atoms with E-state index in [2.05, 4.69) is 10.1 Å². The Labute approximate surface area is 90.4 Å². The van der Waals surface area contributed by atoms with Gasteiger partial charge in [0.2, 0.25) is 5.91 Å². The molecule has 1 amide bonds. The summed E-state index contributed by atoms with van der Waals surface area (Å²) in [4.78, 5) is 22.3. The Morgan fingerprint density at radius 2 is 2.00 bits per heavy atom. The molecule has 0 saturated carbocycles. The lowest BCUT2D eigenvalue weighted by molar-refractivity contribution is -0.143. The molecule has 0 saturated heterocycles. The van der Waals surface area contributed by atoms with E-state index in [1.807, 2.05) is 13.8 Å². The first-order valence-electron chi connectivity index (χ1n) is 5.16. The molecular formula is C10H20N2O3. The molecule has 1 atom stereocenters. The van der Waals surface area contributed by atoms with Gasteiger partial charge in [0.05, 0.1) is 12.6 Å². The Hall–Kier alpha value is -1.10. The number of hydrogen-bond acceptors (Lipinski definition) is 4. The quantitative estimate of drug-likeness (QED) is 0.614. The molecule has 0 aromatic heterocycles. The second-order valence-electron chi connectivity index (χ2n) is 3.76. The fourth-order valence-corrected chi connectivity index (χ4v) is 1.12. The van der Waals surface area contributed by atoms with Crippen molar-refractivity contribution >= 4 is 11.9 Å². The van der Waals surface area contributed by atoms with E-state index in [-0.39, 0.29) is 12.5 Å². The molecule has 0 heterocycles. The summed E-state index contributed by atoms with van der Waals surface area (Å²) < 4.78 is 4.66. The summed E-state index contributed by atoms with van der Waals surface area (Å²) in [6.07, 6.45) is 0.606. The van der Waals surface area contributed by atoms with Crippen molar-refractivity contribution in [3.05, 3.63) is 0 Å². The summed E-state index contributed by atoms with van der Waals surface area (Å²) in [6.45, 7) is 5.88. The fourth-order valence-electron chi connectivity index (χ4n) is 1.12. The Morgan fingerprint density at radius 1 is 1.40 bits per heavy atom. The van der Waals surface area contributed by atoms with E-state index in [4.69, 9.17) is 5.73 Å². The Bertz CT molecular complexity index is 217. The normalized spacial score (nSPS) is 12.3. The summed E-state index contributed by atoms with van der Waals surface area (Å²) in [5.41, 5.74) is 5.61. The number of hydrogen-bond donors (Lipinski definition) is 2. The van der Waals surface area contributed by atoms with Crippen molar-refractivity contribution in [1.29, 1.82) is 0 Å². The number of amides is 1. The van der Waals surface area contributed by atoms with Gasteiger partial charge in [-0.1, -0.05) is 13.8 Å². The Kier molecular flexibility index (Phi) is 6.70. The Balaban J connectivity index is 3.78. The largest absolute Gasteiger partial charge is 0.465 e. The molecule has 0 aromatic carbocycles. The van der Waals surface area contributed by atoms with Crippen LogP contribution in [-0.2, 0) is 14.3 Å². The topological polar surface area (TPSA) is 81.4 Å². The first kappa shape index (κ1) is 13.9. The minimum absolute atomic E-state index is 0.113. The zero-order valence-corrected chi connectivity index (χ0v) is 9.58. The molecule has 0 fully saturated rings. The van der Waals surface area contributed by atoms with Gasteiger partial charge in [0.1, 0.15) is 6.54 Å². The van der Waals surface area contributed by atoms with Crippen molar-refractivity contribution in [3.8, 4) is 0 Å². The van der Waals surface area contributed by atoms with Gasteiger partial charge in [0, 0.05) is 0 Å². The number of esters is 1. The molecule has 0 spiro atoms. The standard InChI is InChI=1S/C10H20N2O3/c1-4-15-9(13)6-12-10(14)8(11)5-7(2)3/h7-8H,4-6,11H2,1-3H3,(H,12,14)/t8-/m0/s1. The zero-order valence-electron chi connectivity index (χ0n) is 9.58. The molecule has 5 nitrogen and oxygen atoms in total. The van der Waals surface area contributed by atoms with Crippen molar-refractivity contribution in [2.75, 3.05) is 13.2 Å². The molecule has 0 aromatic rings. The van der Waals surface area contributed by atoms with Crippen LogP contribution in [0.5, 0.6) is 0 Å². The van der Waals surface area contributed by atoms with Gasteiger partial charge in [-0.05, 0) is 19.3 Å². The van der Waals surface area contributed by atoms with E-state index in [1.165, 1.54) is 0 Å². The smallest absolute Gasteiger partial charge is 0.325 e. The summed E-state index contributed by atoms with van der Waals surface area (Å²) >= 11 is 0. The fraction of sp³-hybridized carbons (Fsp3) is 0.800. The monoisotopic (exact) mass is 216 g/mol. The van der Waals surface area contributed by atoms with Gasteiger partial charge in [-0.25, -0.2) is 0 Å². The van der Waals surface area contributed by atoms with E-state index >= 15 is 0 Å². The Morgan fingerprint density at radius 3 is 2.47 bits per heavy atom. The molecule has 0 unspecified atom stereocenters. The van der Waals surface area contributed by atoms with Gasteiger partial charge in [0.15, 0.2) is 0 Å². The maximum atomic E-state index is 11.3. The third-order valence-electron chi connectivity index (χ3n) is 1.77. The van der Waals surface area contributed by atoms with E-state index in [1.54, 1.807) is 6.92 Å². The second kappa shape index (κ2) is 7.23. The van der Waals surface area contributed by atoms with Crippen LogP contribution in [0.4, 0.5) is 0 Å². The van der Waals surface area contributed by atoms with Gasteiger partial charge < -0.3 is 15.8 Å². The third kappa shape index (κ3) is 6.90. The predicted molar refractivity (Wildman–Crippen MR) is 57.1 cm³/mol. The zero-order chi connectivity index (χ0) is 11.8. The molecule has 0 radical (unpaired) electrons. The van der Waals surface area contributed by atoms with Crippen molar-refractivity contribution in [1.82, 2.24) is 5.32 Å². The molecule has 0 aliphatic rings. The minimum Gasteiger partial charge on any atom is -0.465 e. The van der Waals surface area contributed by atoms with Crippen LogP contribution < -0.4 is 11.1 Å². The van der Waals surface area contributed by atoms with Crippen LogP contribution in [0.1, 0.15) is 27.2 Å². The number of rotatable bonds is 6. The molecule has 0 rings (SSSR count). The average molecular weight is 216 g/mol. The maximum Gasteiger partial charge on any atom is 0.325 e. The number of carbonyl (C=O) groups excluding carboxylic acids is 2. The highest BCUT2D eigenvalue weighted by Gasteiger charge is 2.15. The van der Waals surface area contributed by atoms with Crippen LogP contribution >= 0.6 is 0 Å². The van der Waals surface area contributed by atoms with Crippen LogP contribution in [-0.4, -0.2) is 31.1 Å². The first-order chi connectivity index (χ1) is 6.97. The van der Waals surface area contributed by atoms with Gasteiger partial charge in [-0.15, -0.1) is 0 Å². The molecule has 15 heavy (non-hydrogen) atoms. The van der Waals surface area contributed by atoms with Crippen LogP contribution in [0.3, 0.4) is 0 Å². The van der Waals surface area contributed by atoms with E-state index in [9.17, 15) is 9.59 Å². The summed E-state index contributed by atoms with van der Waals surface area (Å²) in [5, 5.41) is 2.43. The predicted octanol–water partition coefficient (Wildman–Crippen LogP) is 0.0391. The molecule has 3 N–H and O–H groups in total. The highest BCUT2D eigenvalue weighted by Crippen LogP contribution is 2.02. The van der Waals surface area contributed by atoms with E-state index < -0.39 is 12.0 Å². The number of ether oxygens (including phenoxy) is 1. The van der Waals surface area contributed by atoms with Crippen LogP contribution in [0.2, 0.25) is 0 Å². The SMILES string of the molecule is CCOC(=O)CNC(=O)[C@@H](N)CC(C)C. The number of nitrogens with two attached hydrogens (primary N) is 1. The van der Waals surface area contributed by atoms with Crippen LogP contribution in [0, 0.1) is 5.92 Å². The summed E-state index contributed by atoms with van der Waals surface area (Å²) in [6, 6.07) is -0.556. The number of nitrogens with one attached hydrogen (secondary N) is 1.